The molecule has 1 aliphatic rings. The van der Waals surface area contributed by atoms with E-state index in [0.717, 1.165) is 18.4 Å². The highest BCUT2D eigenvalue weighted by molar-refractivity contribution is 6.32. The minimum absolute atomic E-state index is 0.207. The third kappa shape index (κ3) is 2.37. The van der Waals surface area contributed by atoms with Gasteiger partial charge in [-0.2, -0.15) is 0 Å². The van der Waals surface area contributed by atoms with E-state index in [1.807, 2.05) is 0 Å². The Morgan fingerprint density at radius 2 is 2.29 bits per heavy atom. The van der Waals surface area contributed by atoms with Crippen LogP contribution in [-0.2, 0) is 4.79 Å². The first-order valence-corrected chi connectivity index (χ1v) is 6.04. The minimum Gasteiger partial charge on any atom is -0.492 e. The molecule has 1 amide bonds. The number of hydrogen-bond acceptors (Lipinski definition) is 3. The van der Waals surface area contributed by atoms with Crippen LogP contribution in [0, 0.1) is 0 Å². The second-order valence-corrected chi connectivity index (χ2v) is 4.45. The zero-order valence-corrected chi connectivity index (χ0v) is 10.4. The van der Waals surface area contributed by atoms with Gasteiger partial charge in [0.05, 0.1) is 11.6 Å². The normalized spacial score (nSPS) is 17.8. The van der Waals surface area contributed by atoms with Gasteiger partial charge in [0, 0.05) is 17.3 Å². The summed E-state index contributed by atoms with van der Waals surface area (Å²) in [6, 6.07) is 2.80. The van der Waals surface area contributed by atoms with Crippen molar-refractivity contribution in [2.45, 2.75) is 25.8 Å². The number of anilines is 1. The average molecular weight is 255 g/mol. The fourth-order valence-electron chi connectivity index (χ4n) is 1.72. The minimum atomic E-state index is -0.632. The standard InChI is InChI=1S/C12H15ClN2O2/c1-2-3-4-17-10-6-9-7(5-8(10)13)11(14)12(16)15-9/h5-6,11H,2-4,14H2,1H3,(H,15,16). The summed E-state index contributed by atoms with van der Waals surface area (Å²) in [5, 5.41) is 3.20. The number of rotatable bonds is 4. The summed E-state index contributed by atoms with van der Waals surface area (Å²) in [5.74, 6) is 0.384. The number of carbonyl (C=O) groups excluding carboxylic acids is 1. The maximum absolute atomic E-state index is 11.4. The zero-order valence-electron chi connectivity index (χ0n) is 9.63. The molecule has 0 fully saturated rings. The smallest absolute Gasteiger partial charge is 0.245 e. The van der Waals surface area contributed by atoms with Crippen LogP contribution in [0.1, 0.15) is 31.4 Å². The molecule has 0 bridgehead atoms. The van der Waals surface area contributed by atoms with Gasteiger partial charge < -0.3 is 15.8 Å². The Bertz CT molecular complexity index is 448. The number of halogens is 1. The summed E-state index contributed by atoms with van der Waals surface area (Å²) in [7, 11) is 0. The monoisotopic (exact) mass is 254 g/mol. The maximum Gasteiger partial charge on any atom is 0.245 e. The first-order valence-electron chi connectivity index (χ1n) is 5.66. The second kappa shape index (κ2) is 4.94. The van der Waals surface area contributed by atoms with Gasteiger partial charge >= 0.3 is 0 Å². The molecule has 17 heavy (non-hydrogen) atoms. The van der Waals surface area contributed by atoms with Gasteiger partial charge in [-0.3, -0.25) is 4.79 Å². The van der Waals surface area contributed by atoms with Gasteiger partial charge in [0.25, 0.3) is 0 Å². The summed E-state index contributed by atoms with van der Waals surface area (Å²) in [6.45, 7) is 2.71. The lowest BCUT2D eigenvalue weighted by molar-refractivity contribution is -0.116. The Kier molecular flexibility index (Phi) is 3.54. The molecule has 1 aromatic rings. The highest BCUT2D eigenvalue weighted by Crippen LogP contribution is 2.37. The van der Waals surface area contributed by atoms with Crippen molar-refractivity contribution in [3.8, 4) is 5.75 Å². The number of nitrogens with two attached hydrogens (primary N) is 1. The van der Waals surface area contributed by atoms with Crippen LogP contribution in [0.4, 0.5) is 5.69 Å². The molecular formula is C12H15ClN2O2. The van der Waals surface area contributed by atoms with Gasteiger partial charge in [-0.25, -0.2) is 0 Å². The Labute approximate surface area is 105 Å². The third-order valence-electron chi connectivity index (χ3n) is 2.73. The molecule has 0 saturated heterocycles. The molecule has 1 atom stereocenters. The third-order valence-corrected chi connectivity index (χ3v) is 3.03. The molecule has 2 rings (SSSR count). The summed E-state index contributed by atoms with van der Waals surface area (Å²) >= 11 is 6.08. The number of fused-ring (bicyclic) bond motifs is 1. The zero-order chi connectivity index (χ0) is 12.4. The fraction of sp³-hybridized carbons (Fsp3) is 0.417. The van der Waals surface area contributed by atoms with Gasteiger partial charge in [0.15, 0.2) is 0 Å². The SMILES string of the molecule is CCCCOc1cc2c(cc1Cl)C(N)C(=O)N2. The molecule has 0 aromatic heterocycles. The number of unbranched alkanes of at least 4 members (excludes halogenated alkanes) is 1. The van der Waals surface area contributed by atoms with E-state index in [0.29, 0.717) is 23.1 Å². The lowest BCUT2D eigenvalue weighted by Gasteiger charge is -2.10. The molecule has 4 nitrogen and oxygen atoms in total. The van der Waals surface area contributed by atoms with E-state index in [1.54, 1.807) is 12.1 Å². The van der Waals surface area contributed by atoms with Gasteiger partial charge in [-0.15, -0.1) is 0 Å². The van der Waals surface area contributed by atoms with Crippen LogP contribution in [0.15, 0.2) is 12.1 Å². The van der Waals surface area contributed by atoms with Gasteiger partial charge in [-0.1, -0.05) is 24.9 Å². The molecule has 5 heteroatoms. The van der Waals surface area contributed by atoms with Crippen LogP contribution in [0.25, 0.3) is 0 Å². The molecule has 0 radical (unpaired) electrons. The molecule has 1 unspecified atom stereocenters. The highest BCUT2D eigenvalue weighted by atomic mass is 35.5. The molecule has 0 aliphatic carbocycles. The van der Waals surface area contributed by atoms with E-state index in [-0.39, 0.29) is 5.91 Å². The Hall–Kier alpha value is -1.26. The van der Waals surface area contributed by atoms with Crippen molar-refractivity contribution < 1.29 is 9.53 Å². The number of ether oxygens (including phenoxy) is 1. The van der Waals surface area contributed by atoms with Gasteiger partial charge in [0.2, 0.25) is 5.91 Å². The van der Waals surface area contributed by atoms with Gasteiger partial charge in [0.1, 0.15) is 11.8 Å². The first-order chi connectivity index (χ1) is 8.13. The van der Waals surface area contributed by atoms with Crippen LogP contribution in [-0.4, -0.2) is 12.5 Å². The van der Waals surface area contributed by atoms with Crippen molar-refractivity contribution in [3.63, 3.8) is 0 Å². The van der Waals surface area contributed by atoms with Crippen molar-refractivity contribution in [3.05, 3.63) is 22.7 Å². The molecule has 0 saturated carbocycles. The summed E-state index contributed by atoms with van der Waals surface area (Å²) in [5.41, 5.74) is 7.14. The van der Waals surface area contributed by atoms with Crippen LogP contribution in [0.5, 0.6) is 5.75 Å². The summed E-state index contributed by atoms with van der Waals surface area (Å²) in [4.78, 5) is 11.4. The highest BCUT2D eigenvalue weighted by Gasteiger charge is 2.28. The maximum atomic E-state index is 11.4. The Morgan fingerprint density at radius 3 is 3.00 bits per heavy atom. The molecule has 92 valence electrons. The Morgan fingerprint density at radius 1 is 1.53 bits per heavy atom. The molecule has 1 aromatic carbocycles. The van der Waals surface area contributed by atoms with Crippen LogP contribution in [0.3, 0.4) is 0 Å². The van der Waals surface area contributed by atoms with E-state index in [9.17, 15) is 4.79 Å². The molecule has 3 N–H and O–H groups in total. The predicted octanol–water partition coefficient (Wildman–Crippen LogP) is 2.47. The van der Waals surface area contributed by atoms with E-state index in [2.05, 4.69) is 12.2 Å². The number of benzene rings is 1. The molecular weight excluding hydrogens is 240 g/mol. The van der Waals surface area contributed by atoms with Crippen LogP contribution in [0.2, 0.25) is 5.02 Å². The second-order valence-electron chi connectivity index (χ2n) is 4.04. The Balaban J connectivity index is 2.21. The largest absolute Gasteiger partial charge is 0.492 e. The van der Waals surface area contributed by atoms with E-state index >= 15 is 0 Å². The van der Waals surface area contributed by atoms with E-state index < -0.39 is 6.04 Å². The van der Waals surface area contributed by atoms with Crippen molar-refractivity contribution in [1.29, 1.82) is 0 Å². The van der Waals surface area contributed by atoms with E-state index in [4.69, 9.17) is 22.1 Å². The average Bonchev–Trinajstić information content (AvgIpc) is 2.56. The summed E-state index contributed by atoms with van der Waals surface area (Å²) < 4.78 is 5.55. The predicted molar refractivity (Wildman–Crippen MR) is 67.4 cm³/mol. The van der Waals surface area contributed by atoms with Crippen molar-refractivity contribution in [2.24, 2.45) is 5.73 Å². The van der Waals surface area contributed by atoms with Gasteiger partial charge in [-0.05, 0) is 12.5 Å². The number of hydrogen-bond donors (Lipinski definition) is 2. The number of nitrogens with one attached hydrogen (secondary N) is 1. The molecule has 1 aliphatic heterocycles. The first kappa shape index (κ1) is 12.2. The fourth-order valence-corrected chi connectivity index (χ4v) is 1.95. The summed E-state index contributed by atoms with van der Waals surface area (Å²) in [6.07, 6.45) is 2.03. The molecule has 0 spiro atoms. The van der Waals surface area contributed by atoms with Crippen molar-refractivity contribution in [1.82, 2.24) is 0 Å². The lowest BCUT2D eigenvalue weighted by atomic mass is 10.1. The van der Waals surface area contributed by atoms with Crippen molar-refractivity contribution >= 4 is 23.2 Å². The van der Waals surface area contributed by atoms with E-state index in [1.165, 1.54) is 0 Å². The topological polar surface area (TPSA) is 64.3 Å². The number of carbonyl (C=O) groups is 1. The van der Waals surface area contributed by atoms with Crippen LogP contribution >= 0.6 is 11.6 Å². The quantitative estimate of drug-likeness (QED) is 0.812. The lowest BCUT2D eigenvalue weighted by Crippen LogP contribution is -2.19. The molecule has 1 heterocycles. The van der Waals surface area contributed by atoms with Crippen molar-refractivity contribution in [2.75, 3.05) is 11.9 Å². The number of amides is 1. The van der Waals surface area contributed by atoms with Crippen LogP contribution < -0.4 is 15.8 Å².